The normalized spacial score (nSPS) is 11.7. The van der Waals surface area contributed by atoms with Crippen LogP contribution in [-0.4, -0.2) is 21.2 Å². The summed E-state index contributed by atoms with van der Waals surface area (Å²) in [6.07, 6.45) is 3.66. The molecule has 0 radical (unpaired) electrons. The first-order valence-corrected chi connectivity index (χ1v) is 9.23. The molecule has 2 heterocycles. The van der Waals surface area contributed by atoms with Gasteiger partial charge in [-0.2, -0.15) is 0 Å². The Balaban J connectivity index is 1.71. The van der Waals surface area contributed by atoms with Crippen LogP contribution in [0.3, 0.4) is 0 Å². The molecule has 5 heteroatoms. The van der Waals surface area contributed by atoms with Crippen LogP contribution in [0.25, 0.3) is 22.2 Å². The minimum Gasteiger partial charge on any atom is -0.443 e. The smallest absolute Gasteiger partial charge is 0.419 e. The second kappa shape index (κ2) is 7.00. The van der Waals surface area contributed by atoms with E-state index >= 15 is 0 Å². The Kier molecular flexibility index (Phi) is 4.51. The predicted octanol–water partition coefficient (Wildman–Crippen LogP) is 5.67. The van der Waals surface area contributed by atoms with E-state index in [0.717, 1.165) is 22.0 Å². The Hall–Kier alpha value is -3.34. The number of rotatable bonds is 3. The van der Waals surface area contributed by atoms with Crippen LogP contribution in [0.5, 0.6) is 0 Å². The van der Waals surface area contributed by atoms with Gasteiger partial charge in [0, 0.05) is 23.6 Å². The SMILES string of the molecule is CC(C)(C)OC(=O)n1cc(-c2cnc(Cc3ccccc3)o2)c2ccccc21. The molecule has 0 amide bonds. The molecule has 0 unspecified atom stereocenters. The van der Waals surface area contributed by atoms with Gasteiger partial charge < -0.3 is 9.15 Å². The summed E-state index contributed by atoms with van der Waals surface area (Å²) >= 11 is 0. The topological polar surface area (TPSA) is 57.3 Å². The molecule has 5 nitrogen and oxygen atoms in total. The zero-order valence-corrected chi connectivity index (χ0v) is 16.2. The average Bonchev–Trinajstić information content (AvgIpc) is 3.25. The summed E-state index contributed by atoms with van der Waals surface area (Å²) in [5, 5.41) is 0.913. The summed E-state index contributed by atoms with van der Waals surface area (Å²) in [5.41, 5.74) is 2.14. The number of aromatic nitrogens is 2. The highest BCUT2D eigenvalue weighted by molar-refractivity contribution is 5.99. The highest BCUT2D eigenvalue weighted by Crippen LogP contribution is 2.32. The highest BCUT2D eigenvalue weighted by Gasteiger charge is 2.22. The van der Waals surface area contributed by atoms with Gasteiger partial charge in [-0.3, -0.25) is 4.57 Å². The molecule has 4 rings (SSSR count). The molecule has 142 valence electrons. The number of carbonyl (C=O) groups excluding carboxylic acids is 1. The van der Waals surface area contributed by atoms with Gasteiger partial charge in [0.05, 0.1) is 11.7 Å². The van der Waals surface area contributed by atoms with Crippen molar-refractivity contribution in [1.29, 1.82) is 0 Å². The molecule has 0 fully saturated rings. The molecule has 2 aromatic carbocycles. The lowest BCUT2D eigenvalue weighted by molar-refractivity contribution is 0.0544. The van der Waals surface area contributed by atoms with Crippen molar-refractivity contribution in [3.8, 4) is 11.3 Å². The minimum absolute atomic E-state index is 0.418. The van der Waals surface area contributed by atoms with Crippen LogP contribution in [-0.2, 0) is 11.2 Å². The van der Waals surface area contributed by atoms with E-state index in [1.165, 1.54) is 4.57 Å². The third kappa shape index (κ3) is 3.69. The lowest BCUT2D eigenvalue weighted by atomic mass is 10.1. The Morgan fingerprint density at radius 3 is 2.54 bits per heavy atom. The average molecular weight is 374 g/mol. The van der Waals surface area contributed by atoms with Crippen molar-refractivity contribution >= 4 is 17.0 Å². The number of para-hydroxylation sites is 1. The van der Waals surface area contributed by atoms with Crippen molar-refractivity contribution in [2.45, 2.75) is 32.8 Å². The third-order valence-corrected chi connectivity index (χ3v) is 4.32. The summed E-state index contributed by atoms with van der Waals surface area (Å²) in [4.78, 5) is 17.1. The van der Waals surface area contributed by atoms with Gasteiger partial charge in [0.25, 0.3) is 0 Å². The minimum atomic E-state index is -0.572. The molecular formula is C23H22N2O3. The maximum Gasteiger partial charge on any atom is 0.419 e. The summed E-state index contributed by atoms with van der Waals surface area (Å²) in [6, 6.07) is 17.7. The zero-order valence-electron chi connectivity index (χ0n) is 16.2. The molecule has 0 aliphatic rings. The molecule has 0 atom stereocenters. The molecule has 0 N–H and O–H groups in total. The Morgan fingerprint density at radius 1 is 1.07 bits per heavy atom. The van der Waals surface area contributed by atoms with Crippen molar-refractivity contribution in [2.75, 3.05) is 0 Å². The maximum absolute atomic E-state index is 12.7. The van der Waals surface area contributed by atoms with Gasteiger partial charge in [-0.05, 0) is 32.4 Å². The van der Waals surface area contributed by atoms with Crippen molar-refractivity contribution in [1.82, 2.24) is 9.55 Å². The first-order chi connectivity index (χ1) is 13.4. The van der Waals surface area contributed by atoms with E-state index in [-0.39, 0.29) is 0 Å². The van der Waals surface area contributed by atoms with Crippen LogP contribution in [0.4, 0.5) is 4.79 Å². The zero-order chi connectivity index (χ0) is 19.7. The second-order valence-electron chi connectivity index (χ2n) is 7.69. The fourth-order valence-electron chi connectivity index (χ4n) is 3.13. The van der Waals surface area contributed by atoms with Crippen LogP contribution in [0.1, 0.15) is 32.2 Å². The lowest BCUT2D eigenvalue weighted by Gasteiger charge is -2.19. The number of fused-ring (bicyclic) bond motifs is 1. The van der Waals surface area contributed by atoms with Gasteiger partial charge in [0.1, 0.15) is 5.60 Å². The summed E-state index contributed by atoms with van der Waals surface area (Å²) in [6.45, 7) is 5.55. The van der Waals surface area contributed by atoms with Gasteiger partial charge >= 0.3 is 6.09 Å². The van der Waals surface area contributed by atoms with Crippen LogP contribution in [0.2, 0.25) is 0 Å². The molecule has 0 aliphatic heterocycles. The number of hydrogen-bond acceptors (Lipinski definition) is 4. The molecule has 4 aromatic rings. The Bertz CT molecular complexity index is 1120. The van der Waals surface area contributed by atoms with E-state index in [1.54, 1.807) is 12.4 Å². The van der Waals surface area contributed by atoms with E-state index in [2.05, 4.69) is 4.98 Å². The largest absolute Gasteiger partial charge is 0.443 e. The first-order valence-electron chi connectivity index (χ1n) is 9.23. The highest BCUT2D eigenvalue weighted by atomic mass is 16.6. The van der Waals surface area contributed by atoms with E-state index in [1.807, 2.05) is 75.4 Å². The van der Waals surface area contributed by atoms with Gasteiger partial charge in [-0.15, -0.1) is 0 Å². The van der Waals surface area contributed by atoms with E-state index < -0.39 is 11.7 Å². The molecule has 0 saturated heterocycles. The van der Waals surface area contributed by atoms with Crippen molar-refractivity contribution < 1.29 is 13.9 Å². The molecule has 2 aromatic heterocycles. The Labute approximate surface area is 163 Å². The number of nitrogens with zero attached hydrogens (tertiary/aromatic N) is 2. The lowest BCUT2D eigenvalue weighted by Crippen LogP contribution is -2.26. The standard InChI is InChI=1S/C23H22N2O3/c1-23(2,3)28-22(26)25-15-18(17-11-7-8-12-19(17)25)20-14-24-21(27-20)13-16-9-5-4-6-10-16/h4-12,14-15H,13H2,1-3H3. The molecule has 0 spiro atoms. The van der Waals surface area contributed by atoms with Crippen molar-refractivity contribution in [3.05, 3.63) is 78.4 Å². The quantitative estimate of drug-likeness (QED) is 0.463. The van der Waals surface area contributed by atoms with Gasteiger partial charge in [-0.1, -0.05) is 48.5 Å². The fourth-order valence-corrected chi connectivity index (χ4v) is 3.13. The van der Waals surface area contributed by atoms with Crippen LogP contribution in [0, 0.1) is 0 Å². The second-order valence-corrected chi connectivity index (χ2v) is 7.69. The number of benzene rings is 2. The summed E-state index contributed by atoms with van der Waals surface area (Å²) in [7, 11) is 0. The van der Waals surface area contributed by atoms with Crippen LogP contribution >= 0.6 is 0 Å². The van der Waals surface area contributed by atoms with Crippen LogP contribution < -0.4 is 0 Å². The number of ether oxygens (including phenoxy) is 1. The Morgan fingerprint density at radius 2 is 1.79 bits per heavy atom. The maximum atomic E-state index is 12.7. The molecule has 0 aliphatic carbocycles. The number of carbonyl (C=O) groups is 1. The molecule has 28 heavy (non-hydrogen) atoms. The van der Waals surface area contributed by atoms with Crippen molar-refractivity contribution in [3.63, 3.8) is 0 Å². The number of oxazole rings is 1. The monoisotopic (exact) mass is 374 g/mol. The third-order valence-electron chi connectivity index (χ3n) is 4.32. The summed E-state index contributed by atoms with van der Waals surface area (Å²) < 4.78 is 13.1. The van der Waals surface area contributed by atoms with E-state index in [0.29, 0.717) is 18.1 Å². The fraction of sp³-hybridized carbons (Fsp3) is 0.217. The predicted molar refractivity (Wildman–Crippen MR) is 108 cm³/mol. The van der Waals surface area contributed by atoms with E-state index in [4.69, 9.17) is 9.15 Å². The van der Waals surface area contributed by atoms with Gasteiger partial charge in [-0.25, -0.2) is 9.78 Å². The van der Waals surface area contributed by atoms with E-state index in [9.17, 15) is 4.79 Å². The van der Waals surface area contributed by atoms with Crippen molar-refractivity contribution in [2.24, 2.45) is 0 Å². The first kappa shape index (κ1) is 18.0. The molecular weight excluding hydrogens is 352 g/mol. The van der Waals surface area contributed by atoms with Crippen LogP contribution in [0.15, 0.2) is 71.4 Å². The number of hydrogen-bond donors (Lipinski definition) is 0. The van der Waals surface area contributed by atoms with Gasteiger partial charge in [0.2, 0.25) is 0 Å². The summed E-state index contributed by atoms with van der Waals surface area (Å²) in [5.74, 6) is 1.26. The van der Waals surface area contributed by atoms with Gasteiger partial charge in [0.15, 0.2) is 11.7 Å². The molecule has 0 bridgehead atoms. The molecule has 0 saturated carbocycles.